The van der Waals surface area contributed by atoms with Gasteiger partial charge in [-0.25, -0.2) is 4.98 Å². The smallest absolute Gasteiger partial charge is 0.355 e. The van der Waals surface area contributed by atoms with Crippen LogP contribution in [-0.2, 0) is 19.1 Å². The molecule has 2 rings (SSSR count). The zero-order valence-corrected chi connectivity index (χ0v) is 16.4. The predicted molar refractivity (Wildman–Crippen MR) is 103 cm³/mol. The average molecular weight is 399 g/mol. The third kappa shape index (κ3) is 6.84. The largest absolute Gasteiger partial charge is 0.434 e. The van der Waals surface area contributed by atoms with Crippen LogP contribution in [0.25, 0.3) is 0 Å². The van der Waals surface area contributed by atoms with E-state index in [-0.39, 0.29) is 12.6 Å². The molecule has 0 bridgehead atoms. The number of halogens is 3. The third-order valence-electron chi connectivity index (χ3n) is 4.02. The van der Waals surface area contributed by atoms with Gasteiger partial charge in [0, 0.05) is 25.0 Å². The lowest BCUT2D eigenvalue weighted by atomic mass is 10.1. The van der Waals surface area contributed by atoms with Crippen LogP contribution in [0.5, 0.6) is 0 Å². The third-order valence-corrected chi connectivity index (χ3v) is 4.87. The standard InChI is InChI=1S/C18H24F3N5S/c1-22-17(24-11-16-25-15(12-27-16)18(19,20)21)23-10-14(26(2)3)9-13-7-5-4-6-8-13/h4-8,12,14H,9-11H2,1-3H3,(H2,22,23,24). The quantitative estimate of drug-likeness (QED) is 0.555. The summed E-state index contributed by atoms with van der Waals surface area (Å²) in [6, 6.07) is 10.4. The molecule has 2 aromatic rings. The molecule has 2 N–H and O–H groups in total. The van der Waals surface area contributed by atoms with E-state index in [1.165, 1.54) is 5.56 Å². The molecule has 0 aliphatic heterocycles. The molecule has 0 amide bonds. The normalized spacial score (nSPS) is 13.7. The fraction of sp³-hybridized carbons (Fsp3) is 0.444. The number of hydrogen-bond donors (Lipinski definition) is 2. The van der Waals surface area contributed by atoms with E-state index in [1.54, 1.807) is 7.05 Å². The highest BCUT2D eigenvalue weighted by atomic mass is 32.1. The Hall–Kier alpha value is -2.13. The van der Waals surface area contributed by atoms with E-state index in [4.69, 9.17) is 0 Å². The zero-order valence-electron chi connectivity index (χ0n) is 15.5. The molecule has 9 heteroatoms. The molecule has 0 aliphatic rings. The summed E-state index contributed by atoms with van der Waals surface area (Å²) >= 11 is 0.975. The van der Waals surface area contributed by atoms with Crippen LogP contribution in [0.15, 0.2) is 40.7 Å². The van der Waals surface area contributed by atoms with E-state index in [2.05, 4.69) is 37.6 Å². The summed E-state index contributed by atoms with van der Waals surface area (Å²) in [5.41, 5.74) is 0.381. The van der Waals surface area contributed by atoms with Crippen LogP contribution in [0.3, 0.4) is 0 Å². The second-order valence-electron chi connectivity index (χ2n) is 6.24. The van der Waals surface area contributed by atoms with E-state index >= 15 is 0 Å². The van der Waals surface area contributed by atoms with Crippen molar-refractivity contribution in [2.75, 3.05) is 27.7 Å². The second-order valence-corrected chi connectivity index (χ2v) is 7.18. The Morgan fingerprint density at radius 1 is 1.22 bits per heavy atom. The minimum atomic E-state index is -4.41. The van der Waals surface area contributed by atoms with E-state index in [0.29, 0.717) is 17.5 Å². The van der Waals surface area contributed by atoms with E-state index in [9.17, 15) is 13.2 Å². The van der Waals surface area contributed by atoms with Gasteiger partial charge in [-0.05, 0) is 26.1 Å². The lowest BCUT2D eigenvalue weighted by molar-refractivity contribution is -0.140. The molecular formula is C18H24F3N5S. The van der Waals surface area contributed by atoms with Gasteiger partial charge in [0.2, 0.25) is 0 Å². The van der Waals surface area contributed by atoms with Gasteiger partial charge in [0.05, 0.1) is 6.54 Å². The fourth-order valence-electron chi connectivity index (χ4n) is 2.44. The molecule has 5 nitrogen and oxygen atoms in total. The number of alkyl halides is 3. The summed E-state index contributed by atoms with van der Waals surface area (Å²) in [7, 11) is 5.65. The molecule has 148 valence electrons. The highest BCUT2D eigenvalue weighted by molar-refractivity contribution is 7.09. The summed E-state index contributed by atoms with van der Waals surface area (Å²) in [6.45, 7) is 0.832. The maximum atomic E-state index is 12.6. The number of aliphatic imine (C=N–C) groups is 1. The number of rotatable bonds is 7. The van der Waals surface area contributed by atoms with Gasteiger partial charge in [-0.1, -0.05) is 30.3 Å². The molecule has 0 saturated carbocycles. The first kappa shape index (κ1) is 21.2. The predicted octanol–water partition coefficient (Wildman–Crippen LogP) is 3.00. The number of nitrogens with one attached hydrogen (secondary N) is 2. The first-order valence-electron chi connectivity index (χ1n) is 8.46. The summed E-state index contributed by atoms with van der Waals surface area (Å²) in [4.78, 5) is 9.86. The summed E-state index contributed by atoms with van der Waals surface area (Å²) < 4.78 is 37.8. The molecule has 27 heavy (non-hydrogen) atoms. The van der Waals surface area contributed by atoms with Gasteiger partial charge in [-0.2, -0.15) is 13.2 Å². The van der Waals surface area contributed by atoms with Crippen LogP contribution in [-0.4, -0.2) is 49.6 Å². The van der Waals surface area contributed by atoms with E-state index in [0.717, 1.165) is 23.1 Å². The van der Waals surface area contributed by atoms with Crippen LogP contribution < -0.4 is 10.6 Å². The Bertz CT molecular complexity index is 728. The Kier molecular flexibility index (Phi) is 7.61. The van der Waals surface area contributed by atoms with Gasteiger partial charge in [0.1, 0.15) is 5.01 Å². The second kappa shape index (κ2) is 9.70. The topological polar surface area (TPSA) is 52.6 Å². The van der Waals surface area contributed by atoms with Gasteiger partial charge in [-0.3, -0.25) is 4.99 Å². The molecule has 0 fully saturated rings. The zero-order chi connectivity index (χ0) is 19.9. The highest BCUT2D eigenvalue weighted by Crippen LogP contribution is 2.29. The highest BCUT2D eigenvalue weighted by Gasteiger charge is 2.33. The van der Waals surface area contributed by atoms with Crippen LogP contribution in [0.1, 0.15) is 16.3 Å². The number of nitrogens with zero attached hydrogens (tertiary/aromatic N) is 3. The van der Waals surface area contributed by atoms with Crippen molar-refractivity contribution >= 4 is 17.3 Å². The van der Waals surface area contributed by atoms with Crippen LogP contribution in [0.4, 0.5) is 13.2 Å². The van der Waals surface area contributed by atoms with Crippen molar-refractivity contribution in [1.29, 1.82) is 0 Å². The molecule has 1 heterocycles. The first-order valence-corrected chi connectivity index (χ1v) is 9.34. The molecule has 1 atom stereocenters. The molecule has 1 aromatic carbocycles. The molecule has 0 radical (unpaired) electrons. The molecule has 0 saturated heterocycles. The maximum Gasteiger partial charge on any atom is 0.434 e. The summed E-state index contributed by atoms with van der Waals surface area (Å²) in [5.74, 6) is 0.527. The van der Waals surface area contributed by atoms with Gasteiger partial charge < -0.3 is 15.5 Å². The van der Waals surface area contributed by atoms with Crippen molar-refractivity contribution in [3.05, 3.63) is 52.0 Å². The monoisotopic (exact) mass is 399 g/mol. The van der Waals surface area contributed by atoms with Crippen molar-refractivity contribution in [2.45, 2.75) is 25.2 Å². The molecule has 1 unspecified atom stereocenters. The van der Waals surface area contributed by atoms with Gasteiger partial charge in [0.25, 0.3) is 0 Å². The summed E-state index contributed by atoms with van der Waals surface area (Å²) in [6.07, 6.45) is -3.54. The molecular weight excluding hydrogens is 375 g/mol. The van der Waals surface area contributed by atoms with Crippen LogP contribution in [0.2, 0.25) is 0 Å². The fourth-order valence-corrected chi connectivity index (χ4v) is 3.18. The van der Waals surface area contributed by atoms with Crippen molar-refractivity contribution in [3.63, 3.8) is 0 Å². The lowest BCUT2D eigenvalue weighted by Crippen LogP contribution is -2.45. The van der Waals surface area contributed by atoms with Gasteiger partial charge in [-0.15, -0.1) is 11.3 Å². The number of hydrogen-bond acceptors (Lipinski definition) is 4. The summed E-state index contributed by atoms with van der Waals surface area (Å²) in [5, 5.41) is 7.62. The molecule has 0 aliphatic carbocycles. The molecule has 0 spiro atoms. The SMILES string of the molecule is CN=C(NCc1nc(C(F)(F)F)cs1)NCC(Cc1ccccc1)N(C)C. The van der Waals surface area contributed by atoms with E-state index in [1.807, 2.05) is 32.3 Å². The minimum Gasteiger partial charge on any atom is -0.355 e. The van der Waals surface area contributed by atoms with Crippen LogP contribution in [0, 0.1) is 0 Å². The Labute approximate surface area is 161 Å². The number of likely N-dealkylation sites (N-methyl/N-ethyl adjacent to an activating group) is 1. The minimum absolute atomic E-state index is 0.186. The number of aromatic nitrogens is 1. The van der Waals surface area contributed by atoms with Crippen molar-refractivity contribution in [3.8, 4) is 0 Å². The van der Waals surface area contributed by atoms with Crippen LogP contribution >= 0.6 is 11.3 Å². The van der Waals surface area contributed by atoms with Gasteiger partial charge >= 0.3 is 6.18 Å². The molecule has 1 aromatic heterocycles. The van der Waals surface area contributed by atoms with Gasteiger partial charge in [0.15, 0.2) is 11.7 Å². The Morgan fingerprint density at radius 2 is 1.93 bits per heavy atom. The number of guanidine groups is 1. The van der Waals surface area contributed by atoms with Crippen molar-refractivity contribution < 1.29 is 13.2 Å². The average Bonchev–Trinajstić information content (AvgIpc) is 3.11. The lowest BCUT2D eigenvalue weighted by Gasteiger charge is -2.25. The Morgan fingerprint density at radius 3 is 2.48 bits per heavy atom. The Balaban J connectivity index is 1.87. The number of thiazole rings is 1. The van der Waals surface area contributed by atoms with E-state index < -0.39 is 11.9 Å². The van der Waals surface area contributed by atoms with Crippen molar-refractivity contribution in [2.24, 2.45) is 4.99 Å². The van der Waals surface area contributed by atoms with Crippen molar-refractivity contribution in [1.82, 2.24) is 20.5 Å². The first-order chi connectivity index (χ1) is 12.8. The number of benzene rings is 1. The maximum absolute atomic E-state index is 12.6.